The molecule has 0 heterocycles. The van der Waals surface area contributed by atoms with Crippen LogP contribution in [0.3, 0.4) is 0 Å². The standard InChI is InChI=1S/C20H31N/c1-8-15(3)13-18-11-10-12-20(21(6)7)19(18)14-17(5)16(4)9-2/h10-16H,5,8-9H2,1-4,6-7H3/b18-13-,19-14+. The van der Waals surface area contributed by atoms with Gasteiger partial charge in [-0.15, -0.1) is 0 Å². The third kappa shape index (κ3) is 4.77. The van der Waals surface area contributed by atoms with Crippen LogP contribution in [-0.2, 0) is 0 Å². The normalized spacial score (nSPS) is 15.9. The molecule has 0 saturated carbocycles. The van der Waals surface area contributed by atoms with E-state index in [1.807, 2.05) is 0 Å². The minimum atomic E-state index is 0.525. The molecule has 0 radical (unpaired) electrons. The summed E-state index contributed by atoms with van der Waals surface area (Å²) >= 11 is 0. The molecule has 1 aromatic rings. The molecule has 1 heteroatoms. The summed E-state index contributed by atoms with van der Waals surface area (Å²) in [6.45, 7) is 13.2. The summed E-state index contributed by atoms with van der Waals surface area (Å²) in [5.41, 5.74) is 2.47. The fourth-order valence-electron chi connectivity index (χ4n) is 2.28. The lowest BCUT2D eigenvalue weighted by Crippen LogP contribution is -2.32. The van der Waals surface area contributed by atoms with Crippen LogP contribution in [0.1, 0.15) is 40.5 Å². The topological polar surface area (TPSA) is 3.24 Å². The lowest BCUT2D eigenvalue weighted by Gasteiger charge is -2.15. The van der Waals surface area contributed by atoms with Crippen LogP contribution in [0.5, 0.6) is 0 Å². The van der Waals surface area contributed by atoms with Crippen LogP contribution in [0.4, 0.5) is 5.69 Å². The zero-order valence-electron chi connectivity index (χ0n) is 14.6. The van der Waals surface area contributed by atoms with Crippen molar-refractivity contribution in [3.05, 3.63) is 40.8 Å². The van der Waals surface area contributed by atoms with Gasteiger partial charge in [0.2, 0.25) is 0 Å². The van der Waals surface area contributed by atoms with E-state index < -0.39 is 0 Å². The summed E-state index contributed by atoms with van der Waals surface area (Å²) < 4.78 is 0. The molecule has 2 atom stereocenters. The van der Waals surface area contributed by atoms with Crippen LogP contribution >= 0.6 is 0 Å². The molecule has 0 aliphatic heterocycles. The van der Waals surface area contributed by atoms with Gasteiger partial charge in [0.05, 0.1) is 0 Å². The zero-order chi connectivity index (χ0) is 16.0. The molecule has 116 valence electrons. The van der Waals surface area contributed by atoms with Gasteiger partial charge in [0, 0.05) is 25.0 Å². The van der Waals surface area contributed by atoms with Gasteiger partial charge in [-0.05, 0) is 35.6 Å². The molecule has 0 saturated heterocycles. The maximum absolute atomic E-state index is 4.27. The number of anilines is 1. The van der Waals surface area contributed by atoms with Crippen LogP contribution in [-0.4, -0.2) is 14.1 Å². The van der Waals surface area contributed by atoms with Crippen LogP contribution < -0.4 is 15.3 Å². The van der Waals surface area contributed by atoms with Gasteiger partial charge in [0.15, 0.2) is 0 Å². The van der Waals surface area contributed by atoms with E-state index in [1.165, 1.54) is 21.7 Å². The Hall–Kier alpha value is -1.50. The van der Waals surface area contributed by atoms with E-state index in [1.54, 1.807) is 0 Å². The summed E-state index contributed by atoms with van der Waals surface area (Å²) in [5, 5.41) is 2.62. The van der Waals surface area contributed by atoms with Gasteiger partial charge in [-0.2, -0.15) is 0 Å². The number of nitrogens with zero attached hydrogens (tertiary/aromatic N) is 1. The summed E-state index contributed by atoms with van der Waals surface area (Å²) in [4.78, 5) is 2.18. The lowest BCUT2D eigenvalue weighted by molar-refractivity contribution is 0.679. The maximum Gasteiger partial charge on any atom is 0.0440 e. The van der Waals surface area contributed by atoms with Crippen molar-refractivity contribution in [2.45, 2.75) is 40.5 Å². The summed E-state index contributed by atoms with van der Waals surface area (Å²) in [7, 11) is 4.21. The molecule has 1 nitrogen and oxygen atoms in total. The number of rotatable bonds is 6. The second-order valence-corrected chi connectivity index (χ2v) is 6.26. The highest BCUT2D eigenvalue weighted by Crippen LogP contribution is 2.14. The molecule has 1 aromatic carbocycles. The number of allylic oxidation sites excluding steroid dienone is 1. The van der Waals surface area contributed by atoms with E-state index in [9.17, 15) is 0 Å². The second kappa shape index (κ2) is 8.07. The van der Waals surface area contributed by atoms with E-state index in [4.69, 9.17) is 0 Å². The molecule has 1 rings (SSSR count). The van der Waals surface area contributed by atoms with Crippen LogP contribution in [0.2, 0.25) is 0 Å². The van der Waals surface area contributed by atoms with Crippen molar-refractivity contribution < 1.29 is 0 Å². The molecule has 0 amide bonds. The van der Waals surface area contributed by atoms with Crippen LogP contribution in [0, 0.1) is 11.8 Å². The molecular formula is C20H31N. The molecule has 0 fully saturated rings. The van der Waals surface area contributed by atoms with Gasteiger partial charge in [0.25, 0.3) is 0 Å². The number of benzene rings is 1. The maximum atomic E-state index is 4.27. The first-order chi connectivity index (χ1) is 9.90. The van der Waals surface area contributed by atoms with Gasteiger partial charge in [-0.1, -0.05) is 64.5 Å². The first-order valence-electron chi connectivity index (χ1n) is 8.09. The second-order valence-electron chi connectivity index (χ2n) is 6.26. The Labute approximate surface area is 130 Å². The van der Waals surface area contributed by atoms with E-state index in [-0.39, 0.29) is 0 Å². The Morgan fingerprint density at radius 1 is 1.19 bits per heavy atom. The fraction of sp³-hybridized carbons (Fsp3) is 0.500. The van der Waals surface area contributed by atoms with Crippen molar-refractivity contribution in [1.29, 1.82) is 0 Å². The molecular weight excluding hydrogens is 254 g/mol. The quantitative estimate of drug-likeness (QED) is 0.764. The predicted molar refractivity (Wildman–Crippen MR) is 97.0 cm³/mol. The SMILES string of the molecule is C=C(/C=c1/c(N(C)C)ccc/c1=C/C(C)CC)C(C)CC. The average Bonchev–Trinajstić information content (AvgIpc) is 2.47. The Bertz CT molecular complexity index is 580. The highest BCUT2D eigenvalue weighted by molar-refractivity contribution is 5.58. The monoisotopic (exact) mass is 285 g/mol. The Morgan fingerprint density at radius 2 is 1.86 bits per heavy atom. The Balaban J connectivity index is 3.55. The molecule has 2 unspecified atom stereocenters. The average molecular weight is 285 g/mol. The zero-order valence-corrected chi connectivity index (χ0v) is 14.6. The van der Waals surface area contributed by atoms with Crippen molar-refractivity contribution in [1.82, 2.24) is 0 Å². The van der Waals surface area contributed by atoms with Crippen LogP contribution in [0.15, 0.2) is 30.4 Å². The lowest BCUT2D eigenvalue weighted by atomic mass is 9.97. The largest absolute Gasteiger partial charge is 0.377 e. The first-order valence-corrected chi connectivity index (χ1v) is 8.09. The highest BCUT2D eigenvalue weighted by Gasteiger charge is 2.04. The van der Waals surface area contributed by atoms with Crippen molar-refractivity contribution in [3.63, 3.8) is 0 Å². The van der Waals surface area contributed by atoms with E-state index in [2.05, 4.69) is 83.6 Å². The van der Waals surface area contributed by atoms with Gasteiger partial charge >= 0.3 is 0 Å². The van der Waals surface area contributed by atoms with Gasteiger partial charge in [-0.25, -0.2) is 0 Å². The molecule has 0 spiro atoms. The van der Waals surface area contributed by atoms with E-state index in [0.29, 0.717) is 11.8 Å². The molecule has 0 aliphatic rings. The Kier molecular flexibility index (Phi) is 6.74. The molecule has 0 bridgehead atoms. The predicted octanol–water partition coefficient (Wildman–Crippen LogP) is 3.96. The fourth-order valence-corrected chi connectivity index (χ4v) is 2.28. The summed E-state index contributed by atoms with van der Waals surface area (Å²) in [6, 6.07) is 6.55. The summed E-state index contributed by atoms with van der Waals surface area (Å²) in [6.07, 6.45) is 6.95. The number of hydrogen-bond donors (Lipinski definition) is 0. The molecule has 0 aromatic heterocycles. The van der Waals surface area contributed by atoms with Gasteiger partial charge in [-0.3, -0.25) is 0 Å². The smallest absolute Gasteiger partial charge is 0.0440 e. The third-order valence-corrected chi connectivity index (χ3v) is 4.28. The Morgan fingerprint density at radius 3 is 2.38 bits per heavy atom. The van der Waals surface area contributed by atoms with Gasteiger partial charge in [0.1, 0.15) is 0 Å². The van der Waals surface area contributed by atoms with Crippen LogP contribution in [0.25, 0.3) is 12.2 Å². The summed E-state index contributed by atoms with van der Waals surface area (Å²) in [5.74, 6) is 1.11. The first kappa shape index (κ1) is 17.6. The van der Waals surface area contributed by atoms with Gasteiger partial charge < -0.3 is 4.90 Å². The minimum absolute atomic E-state index is 0.525. The van der Waals surface area contributed by atoms with Crippen molar-refractivity contribution >= 4 is 17.8 Å². The van der Waals surface area contributed by atoms with E-state index >= 15 is 0 Å². The van der Waals surface area contributed by atoms with E-state index in [0.717, 1.165) is 12.8 Å². The third-order valence-electron chi connectivity index (χ3n) is 4.28. The molecule has 0 N–H and O–H groups in total. The molecule has 0 aliphatic carbocycles. The van der Waals surface area contributed by atoms with Crippen molar-refractivity contribution in [2.75, 3.05) is 19.0 Å². The van der Waals surface area contributed by atoms with Crippen molar-refractivity contribution in [2.24, 2.45) is 11.8 Å². The van der Waals surface area contributed by atoms with Crippen molar-refractivity contribution in [3.8, 4) is 0 Å². The number of hydrogen-bond acceptors (Lipinski definition) is 1. The molecule has 21 heavy (non-hydrogen) atoms. The highest BCUT2D eigenvalue weighted by atomic mass is 15.1. The minimum Gasteiger partial charge on any atom is -0.377 e.